The van der Waals surface area contributed by atoms with Gasteiger partial charge in [-0.3, -0.25) is 4.79 Å². The van der Waals surface area contributed by atoms with E-state index in [1.54, 1.807) is 22.6 Å². The average molecular weight is 462 g/mol. The van der Waals surface area contributed by atoms with Crippen LogP contribution >= 0.6 is 34.4 Å². The number of carbonyl (C=O) groups excluding carboxylic acids is 1. The van der Waals surface area contributed by atoms with E-state index in [1.807, 2.05) is 29.6 Å². The summed E-state index contributed by atoms with van der Waals surface area (Å²) in [5.74, 6) is 0.918. The highest BCUT2D eigenvalue weighted by Crippen LogP contribution is 2.35. The van der Waals surface area contributed by atoms with Crippen LogP contribution < -0.4 is 4.90 Å². The fourth-order valence-electron chi connectivity index (χ4n) is 3.37. The molecule has 1 fully saturated rings. The molecule has 2 aliphatic heterocycles. The van der Waals surface area contributed by atoms with Crippen molar-refractivity contribution in [2.75, 3.05) is 37.0 Å². The van der Waals surface area contributed by atoms with Gasteiger partial charge in [0.2, 0.25) is 5.13 Å². The van der Waals surface area contributed by atoms with E-state index < -0.39 is 0 Å². The number of carbonyl (C=O) groups is 1. The molecule has 1 atom stereocenters. The molecule has 0 spiro atoms. The number of nitrogens with zero attached hydrogens (tertiary/aromatic N) is 5. The quantitative estimate of drug-likeness (QED) is 0.520. The molecule has 5 heterocycles. The van der Waals surface area contributed by atoms with E-state index in [2.05, 4.69) is 20.2 Å². The highest BCUT2D eigenvalue weighted by atomic mass is 32.2. The molecule has 1 unspecified atom stereocenters. The second kappa shape index (κ2) is 8.88. The SMILES string of the molecule is O=C(CSc1nnc(N2CCOCC2)s1)N1N=C(c2cccs2)CC1c1ccco1. The van der Waals surface area contributed by atoms with Crippen LogP contribution in [-0.2, 0) is 9.53 Å². The molecule has 0 aliphatic carbocycles. The van der Waals surface area contributed by atoms with E-state index in [1.165, 1.54) is 23.1 Å². The Morgan fingerprint density at radius 1 is 1.23 bits per heavy atom. The molecule has 0 N–H and O–H groups in total. The average Bonchev–Trinajstić information content (AvgIpc) is 3.57. The van der Waals surface area contributed by atoms with Crippen LogP contribution in [-0.4, -0.2) is 58.9 Å². The van der Waals surface area contributed by atoms with Crippen LogP contribution in [0.5, 0.6) is 0 Å². The number of anilines is 1. The van der Waals surface area contributed by atoms with Gasteiger partial charge in [0.05, 0.1) is 35.8 Å². The maximum atomic E-state index is 13.0. The lowest BCUT2D eigenvalue weighted by Crippen LogP contribution is -2.36. The van der Waals surface area contributed by atoms with Crippen molar-refractivity contribution < 1.29 is 13.9 Å². The number of thiophene rings is 1. The van der Waals surface area contributed by atoms with E-state index in [0.29, 0.717) is 19.6 Å². The largest absolute Gasteiger partial charge is 0.467 e. The zero-order valence-electron chi connectivity index (χ0n) is 16.0. The van der Waals surface area contributed by atoms with Crippen molar-refractivity contribution in [1.82, 2.24) is 15.2 Å². The number of hydrogen-bond acceptors (Lipinski definition) is 10. The summed E-state index contributed by atoms with van der Waals surface area (Å²) >= 11 is 4.53. The van der Waals surface area contributed by atoms with Crippen LogP contribution in [0.25, 0.3) is 0 Å². The van der Waals surface area contributed by atoms with Gasteiger partial charge < -0.3 is 14.1 Å². The molecule has 3 aromatic rings. The molecule has 0 saturated carbocycles. The van der Waals surface area contributed by atoms with Crippen LogP contribution in [0.15, 0.2) is 49.8 Å². The van der Waals surface area contributed by atoms with E-state index in [9.17, 15) is 4.79 Å². The number of furan rings is 1. The molecular formula is C19H19N5O3S3. The third-order valence-electron chi connectivity index (χ3n) is 4.84. The lowest BCUT2D eigenvalue weighted by atomic mass is 10.1. The van der Waals surface area contributed by atoms with E-state index in [4.69, 9.17) is 9.15 Å². The Kier molecular flexibility index (Phi) is 5.84. The van der Waals surface area contributed by atoms with Crippen molar-refractivity contribution in [3.05, 3.63) is 46.5 Å². The third kappa shape index (κ3) is 4.15. The number of amides is 1. The molecule has 0 aromatic carbocycles. The van der Waals surface area contributed by atoms with Crippen LogP contribution in [0.2, 0.25) is 0 Å². The number of ether oxygens (including phenoxy) is 1. The van der Waals surface area contributed by atoms with Crippen molar-refractivity contribution >= 4 is 51.2 Å². The van der Waals surface area contributed by atoms with E-state index in [-0.39, 0.29) is 17.7 Å². The lowest BCUT2D eigenvalue weighted by molar-refractivity contribution is -0.130. The first kappa shape index (κ1) is 19.7. The molecule has 2 aliphatic rings. The summed E-state index contributed by atoms with van der Waals surface area (Å²) in [6.45, 7) is 3.04. The lowest BCUT2D eigenvalue weighted by Gasteiger charge is -2.25. The minimum absolute atomic E-state index is 0.0731. The maximum Gasteiger partial charge on any atom is 0.253 e. The van der Waals surface area contributed by atoms with Gasteiger partial charge >= 0.3 is 0 Å². The van der Waals surface area contributed by atoms with Crippen LogP contribution in [0.1, 0.15) is 23.1 Å². The summed E-state index contributed by atoms with van der Waals surface area (Å²) in [4.78, 5) is 16.3. The number of aromatic nitrogens is 2. The first-order chi connectivity index (χ1) is 14.8. The molecule has 30 heavy (non-hydrogen) atoms. The highest BCUT2D eigenvalue weighted by molar-refractivity contribution is 8.01. The molecule has 8 nitrogen and oxygen atoms in total. The van der Waals surface area contributed by atoms with E-state index in [0.717, 1.165) is 38.9 Å². The highest BCUT2D eigenvalue weighted by Gasteiger charge is 2.35. The Bertz CT molecular complexity index is 1010. The summed E-state index contributed by atoms with van der Waals surface area (Å²) in [6, 6.07) is 7.53. The Hall–Kier alpha value is -2.21. The summed E-state index contributed by atoms with van der Waals surface area (Å²) < 4.78 is 11.7. The number of hydrogen-bond donors (Lipinski definition) is 0. The maximum absolute atomic E-state index is 13.0. The fourth-order valence-corrected chi connectivity index (χ4v) is 5.83. The normalized spacial score (nSPS) is 19.3. The third-order valence-corrected chi connectivity index (χ3v) is 7.86. The molecule has 0 radical (unpaired) electrons. The zero-order valence-corrected chi connectivity index (χ0v) is 18.4. The fraction of sp³-hybridized carbons (Fsp3) is 0.368. The number of hydrazone groups is 1. The van der Waals surface area contributed by atoms with Crippen LogP contribution in [0, 0.1) is 0 Å². The summed E-state index contributed by atoms with van der Waals surface area (Å²) in [7, 11) is 0. The Balaban J connectivity index is 1.27. The second-order valence-corrected chi connectivity index (χ2v) is 9.86. The molecule has 11 heteroatoms. The van der Waals surface area contributed by atoms with E-state index >= 15 is 0 Å². The van der Waals surface area contributed by atoms with Crippen molar-refractivity contribution in [3.8, 4) is 0 Å². The minimum Gasteiger partial charge on any atom is -0.467 e. The first-order valence-electron chi connectivity index (χ1n) is 9.54. The minimum atomic E-state index is -0.219. The van der Waals surface area contributed by atoms with Gasteiger partial charge in [-0.05, 0) is 23.6 Å². The van der Waals surface area contributed by atoms with Gasteiger partial charge in [0.15, 0.2) is 4.34 Å². The molecule has 1 amide bonds. The van der Waals surface area contributed by atoms with Gasteiger partial charge in [0.1, 0.15) is 11.8 Å². The Morgan fingerprint density at radius 2 is 2.13 bits per heavy atom. The Labute approximate surface area is 185 Å². The van der Waals surface area contributed by atoms with Crippen LogP contribution in [0.3, 0.4) is 0 Å². The zero-order chi connectivity index (χ0) is 20.3. The number of rotatable bonds is 6. The summed E-state index contributed by atoms with van der Waals surface area (Å²) in [5, 5.41) is 17.6. The molecular weight excluding hydrogens is 442 g/mol. The van der Waals surface area contributed by atoms with Crippen molar-refractivity contribution in [2.45, 2.75) is 16.8 Å². The van der Waals surface area contributed by atoms with Gasteiger partial charge in [-0.25, -0.2) is 5.01 Å². The topological polar surface area (TPSA) is 84.1 Å². The Morgan fingerprint density at radius 3 is 2.90 bits per heavy atom. The molecule has 1 saturated heterocycles. The predicted octanol–water partition coefficient (Wildman–Crippen LogP) is 3.50. The number of thioether (sulfide) groups is 1. The van der Waals surface area contributed by atoms with Gasteiger partial charge in [-0.2, -0.15) is 5.10 Å². The van der Waals surface area contributed by atoms with Crippen molar-refractivity contribution in [1.29, 1.82) is 0 Å². The van der Waals surface area contributed by atoms with Gasteiger partial charge in [0, 0.05) is 19.5 Å². The molecule has 5 rings (SSSR count). The summed E-state index contributed by atoms with van der Waals surface area (Å²) in [5.41, 5.74) is 0.912. The first-order valence-corrected chi connectivity index (χ1v) is 12.2. The standard InChI is InChI=1S/C19H19N5O3S3/c25-17(12-29-19-21-20-18(30-19)23-5-8-26-9-6-23)24-14(15-3-1-7-27-15)11-13(22-24)16-4-2-10-28-16/h1-4,7,10,14H,5-6,8-9,11-12H2. The second-order valence-electron chi connectivity index (χ2n) is 6.74. The summed E-state index contributed by atoms with van der Waals surface area (Å²) in [6.07, 6.45) is 2.27. The van der Waals surface area contributed by atoms with Crippen LogP contribution in [0.4, 0.5) is 5.13 Å². The predicted molar refractivity (Wildman–Crippen MR) is 117 cm³/mol. The van der Waals surface area contributed by atoms with Gasteiger partial charge in [-0.1, -0.05) is 29.2 Å². The number of morpholine rings is 1. The van der Waals surface area contributed by atoms with Gasteiger partial charge in [0.25, 0.3) is 5.91 Å². The molecule has 3 aromatic heterocycles. The van der Waals surface area contributed by atoms with Crippen molar-refractivity contribution in [2.24, 2.45) is 5.10 Å². The molecule has 156 valence electrons. The van der Waals surface area contributed by atoms with Gasteiger partial charge in [-0.15, -0.1) is 21.5 Å². The van der Waals surface area contributed by atoms with Crippen molar-refractivity contribution in [3.63, 3.8) is 0 Å². The monoisotopic (exact) mass is 461 g/mol. The smallest absolute Gasteiger partial charge is 0.253 e. The molecule has 0 bridgehead atoms.